The molecule has 0 aliphatic carbocycles. The highest BCUT2D eigenvalue weighted by atomic mass is 35.5. The molecule has 2 aliphatic rings. The van der Waals surface area contributed by atoms with E-state index in [9.17, 15) is 9.59 Å². The van der Waals surface area contributed by atoms with Gasteiger partial charge in [0.15, 0.2) is 4.80 Å². The number of rotatable bonds is 6. The van der Waals surface area contributed by atoms with Gasteiger partial charge in [0.25, 0.3) is 5.56 Å². The minimum atomic E-state index is -1.22. The third-order valence-electron chi connectivity index (χ3n) is 7.13. The number of aromatic nitrogens is 1. The van der Waals surface area contributed by atoms with E-state index in [1.807, 2.05) is 60.7 Å². The topological polar surface area (TPSA) is 88.4 Å². The Bertz CT molecular complexity index is 1820. The molecule has 8 nitrogen and oxygen atoms in total. The van der Waals surface area contributed by atoms with Crippen LogP contribution in [0.25, 0.3) is 6.08 Å². The lowest BCUT2D eigenvalue weighted by atomic mass is 9.81. The number of benzene rings is 3. The van der Waals surface area contributed by atoms with Gasteiger partial charge >= 0.3 is 5.97 Å². The van der Waals surface area contributed by atoms with Gasteiger partial charge in [0.1, 0.15) is 29.8 Å². The van der Waals surface area contributed by atoms with E-state index in [2.05, 4.69) is 0 Å². The first-order valence-electron chi connectivity index (χ1n) is 12.6. The number of halogens is 1. The normalized spacial score (nSPS) is 20.9. The quantitative estimate of drug-likeness (QED) is 0.321. The van der Waals surface area contributed by atoms with E-state index in [4.69, 9.17) is 35.5 Å². The van der Waals surface area contributed by atoms with Crippen LogP contribution < -0.4 is 29.1 Å². The van der Waals surface area contributed by atoms with Gasteiger partial charge in [-0.3, -0.25) is 14.2 Å². The Morgan fingerprint density at radius 1 is 1.15 bits per heavy atom. The van der Waals surface area contributed by atoms with Gasteiger partial charge in [0.05, 0.1) is 24.8 Å². The molecule has 0 fully saturated rings. The molecule has 0 amide bonds. The molecule has 204 valence electrons. The van der Waals surface area contributed by atoms with Crippen LogP contribution >= 0.6 is 22.9 Å². The summed E-state index contributed by atoms with van der Waals surface area (Å²) < 4.78 is 24.9. The molecule has 0 radical (unpaired) electrons. The Labute approximate surface area is 238 Å². The first-order chi connectivity index (χ1) is 19.3. The number of nitrogens with zero attached hydrogens (tertiary/aromatic N) is 2. The Kier molecular flexibility index (Phi) is 6.64. The summed E-state index contributed by atoms with van der Waals surface area (Å²) in [5.74, 6) is 0.577. The number of ether oxygens (including phenoxy) is 4. The smallest absolute Gasteiger partial charge is 0.317 e. The highest BCUT2D eigenvalue weighted by molar-refractivity contribution is 7.07. The van der Waals surface area contributed by atoms with Crippen molar-refractivity contribution in [1.29, 1.82) is 0 Å². The number of para-hydroxylation sites is 1. The Morgan fingerprint density at radius 3 is 2.75 bits per heavy atom. The van der Waals surface area contributed by atoms with Crippen molar-refractivity contribution in [3.05, 3.63) is 108 Å². The van der Waals surface area contributed by atoms with E-state index in [-0.39, 0.29) is 12.2 Å². The van der Waals surface area contributed by atoms with E-state index >= 15 is 0 Å². The monoisotopic (exact) mass is 576 g/mol. The lowest BCUT2D eigenvalue weighted by molar-refractivity contribution is -0.158. The van der Waals surface area contributed by atoms with Gasteiger partial charge in [-0.05, 0) is 55.0 Å². The van der Waals surface area contributed by atoms with Crippen LogP contribution in [0.1, 0.15) is 29.7 Å². The van der Waals surface area contributed by atoms with E-state index in [1.165, 1.54) is 18.4 Å². The van der Waals surface area contributed by atoms with Crippen LogP contribution in [0.3, 0.4) is 0 Å². The summed E-state index contributed by atoms with van der Waals surface area (Å²) in [6.07, 6.45) is 1.81. The number of thiazole rings is 1. The van der Waals surface area contributed by atoms with Crippen molar-refractivity contribution >= 4 is 35.0 Å². The maximum absolute atomic E-state index is 13.9. The minimum absolute atomic E-state index is 0.242. The largest absolute Gasteiger partial charge is 0.496 e. The molecular weight excluding hydrogens is 552 g/mol. The van der Waals surface area contributed by atoms with Crippen LogP contribution in [0.2, 0.25) is 5.02 Å². The predicted octanol–water partition coefficient (Wildman–Crippen LogP) is 4.10. The number of hydrogen-bond acceptors (Lipinski definition) is 8. The lowest BCUT2D eigenvalue weighted by Gasteiger charge is -2.44. The molecule has 2 bridgehead atoms. The van der Waals surface area contributed by atoms with Crippen molar-refractivity contribution in [2.45, 2.75) is 25.3 Å². The third kappa shape index (κ3) is 4.45. The maximum Gasteiger partial charge on any atom is 0.317 e. The van der Waals surface area contributed by atoms with Crippen molar-refractivity contribution < 1.29 is 23.7 Å². The first kappa shape index (κ1) is 26.2. The Balaban J connectivity index is 1.44. The van der Waals surface area contributed by atoms with Gasteiger partial charge in [0.2, 0.25) is 5.72 Å². The number of carbonyl (C=O) groups is 1. The highest BCUT2D eigenvalue weighted by Crippen LogP contribution is 2.47. The van der Waals surface area contributed by atoms with Crippen LogP contribution in [0, 0.1) is 5.92 Å². The molecule has 6 rings (SSSR count). The molecule has 1 aromatic heterocycles. The highest BCUT2D eigenvalue weighted by Gasteiger charge is 2.55. The van der Waals surface area contributed by atoms with Crippen LogP contribution in [0.5, 0.6) is 17.2 Å². The summed E-state index contributed by atoms with van der Waals surface area (Å²) >= 11 is 7.34. The van der Waals surface area contributed by atoms with E-state index in [1.54, 1.807) is 30.7 Å². The van der Waals surface area contributed by atoms with Crippen molar-refractivity contribution in [2.75, 3.05) is 14.2 Å². The van der Waals surface area contributed by atoms with Crippen molar-refractivity contribution in [3.63, 3.8) is 0 Å². The molecule has 0 saturated heterocycles. The summed E-state index contributed by atoms with van der Waals surface area (Å²) in [7, 11) is 2.93. The molecular formula is C30H25ClN2O6S. The molecule has 40 heavy (non-hydrogen) atoms. The van der Waals surface area contributed by atoms with Crippen LogP contribution in [0.4, 0.5) is 0 Å². The lowest BCUT2D eigenvalue weighted by Crippen LogP contribution is -2.58. The van der Waals surface area contributed by atoms with Crippen LogP contribution in [0.15, 0.2) is 76.5 Å². The summed E-state index contributed by atoms with van der Waals surface area (Å²) in [6.45, 7) is 2.00. The molecule has 0 N–H and O–H groups in total. The molecule has 0 unspecified atom stereocenters. The first-order valence-corrected chi connectivity index (χ1v) is 13.7. The number of hydrogen-bond donors (Lipinski definition) is 0. The third-order valence-corrected chi connectivity index (χ3v) is 8.35. The zero-order valence-corrected chi connectivity index (χ0v) is 23.5. The summed E-state index contributed by atoms with van der Waals surface area (Å²) in [4.78, 5) is 32.1. The maximum atomic E-state index is 13.9. The predicted molar refractivity (Wildman–Crippen MR) is 151 cm³/mol. The van der Waals surface area contributed by atoms with Gasteiger partial charge < -0.3 is 18.9 Å². The van der Waals surface area contributed by atoms with E-state index < -0.39 is 23.7 Å². The molecule has 0 saturated carbocycles. The second-order valence-electron chi connectivity index (χ2n) is 9.64. The summed E-state index contributed by atoms with van der Waals surface area (Å²) in [5, 5.41) is 0.583. The number of carbonyl (C=O) groups excluding carboxylic acids is 1. The number of methoxy groups -OCH3 is 2. The van der Waals surface area contributed by atoms with Crippen molar-refractivity contribution in [2.24, 2.45) is 10.9 Å². The Hall–Kier alpha value is -4.08. The molecule has 3 heterocycles. The average Bonchev–Trinajstić information content (AvgIpc) is 3.24. The summed E-state index contributed by atoms with van der Waals surface area (Å²) in [6, 6.07) is 19.6. The molecule has 3 aromatic carbocycles. The standard InChI is InChI=1S/C30H25ClN2O6S/c1-30-25(28(35)37-3)26(21-9-4-5-10-23(21)39-30)33-27(34)24(40-29(33)32-30)14-17-11-12-22(36-2)18(13-17)16-38-20-8-6-7-19(31)15-20/h4-15,25-26H,16H2,1-3H3/t25-,26+,30+/m0/s1. The molecule has 2 aliphatic heterocycles. The van der Waals surface area contributed by atoms with Crippen LogP contribution in [-0.4, -0.2) is 30.5 Å². The average molecular weight is 577 g/mol. The number of fused-ring (bicyclic) bond motifs is 6. The van der Waals surface area contributed by atoms with Crippen molar-refractivity contribution in [3.8, 4) is 17.2 Å². The van der Waals surface area contributed by atoms with Gasteiger partial charge in [-0.2, -0.15) is 0 Å². The van der Waals surface area contributed by atoms with Crippen LogP contribution in [-0.2, 0) is 16.1 Å². The second kappa shape index (κ2) is 10.1. The van der Waals surface area contributed by atoms with E-state index in [0.29, 0.717) is 31.6 Å². The minimum Gasteiger partial charge on any atom is -0.496 e. The zero-order chi connectivity index (χ0) is 28.0. The van der Waals surface area contributed by atoms with Gasteiger partial charge in [-0.15, -0.1) is 0 Å². The van der Waals surface area contributed by atoms with Crippen molar-refractivity contribution in [1.82, 2.24) is 4.57 Å². The Morgan fingerprint density at radius 2 is 1.98 bits per heavy atom. The molecule has 4 aromatic rings. The zero-order valence-electron chi connectivity index (χ0n) is 21.9. The van der Waals surface area contributed by atoms with Gasteiger partial charge in [-0.25, -0.2) is 4.99 Å². The molecule has 3 atom stereocenters. The molecule has 0 spiro atoms. The molecule has 10 heteroatoms. The van der Waals surface area contributed by atoms with Gasteiger partial charge in [0, 0.05) is 16.1 Å². The fourth-order valence-corrected chi connectivity index (χ4v) is 6.58. The second-order valence-corrected chi connectivity index (χ2v) is 11.1. The fourth-order valence-electron chi connectivity index (χ4n) is 5.30. The SMILES string of the molecule is COC(=O)[C@@H]1[C@H]2c3ccccc3O[C@@]1(C)N=c1sc(=Cc3ccc(OC)c(COc4cccc(Cl)c4)c3)c(=O)n12. The fraction of sp³-hybridized carbons (Fsp3) is 0.233. The van der Waals surface area contributed by atoms with E-state index in [0.717, 1.165) is 16.7 Å². The van der Waals surface area contributed by atoms with Gasteiger partial charge in [-0.1, -0.05) is 53.3 Å². The number of esters is 1. The summed E-state index contributed by atoms with van der Waals surface area (Å²) in [5.41, 5.74) is 0.874.